The van der Waals surface area contributed by atoms with Crippen molar-refractivity contribution in [3.63, 3.8) is 0 Å². The lowest BCUT2D eigenvalue weighted by Gasteiger charge is -2.36. The Morgan fingerprint density at radius 1 is 0.739 bits per heavy atom. The Bertz CT molecular complexity index is 1480. The van der Waals surface area contributed by atoms with E-state index in [0.717, 1.165) is 22.3 Å². The molecule has 0 aliphatic heterocycles. The molecule has 4 aromatic rings. The number of rotatable bonds is 15. The molecule has 0 aromatic heterocycles. The molecule has 0 aliphatic rings. The lowest BCUT2D eigenvalue weighted by molar-refractivity contribution is -0.135. The Kier molecular flexibility index (Phi) is 12.1. The van der Waals surface area contributed by atoms with E-state index in [1.165, 1.54) is 6.92 Å². The summed E-state index contributed by atoms with van der Waals surface area (Å²) in [6, 6.07) is 35.9. The number of thioether (sulfide) groups is 1. The monoisotopic (exact) mass is 638 g/mol. The molecule has 0 saturated heterocycles. The summed E-state index contributed by atoms with van der Waals surface area (Å²) >= 11 is 1.62. The summed E-state index contributed by atoms with van der Waals surface area (Å²) in [5.41, 5.74) is 6.42. The summed E-state index contributed by atoms with van der Waals surface area (Å²) in [6.45, 7) is 6.59. The van der Waals surface area contributed by atoms with Crippen LogP contribution in [0, 0.1) is 5.41 Å². The first-order chi connectivity index (χ1) is 22.1. The zero-order valence-electron chi connectivity index (χ0n) is 26.7. The first kappa shape index (κ1) is 34.8. The minimum atomic E-state index is -0.837. The van der Waals surface area contributed by atoms with Crippen LogP contribution in [0.25, 0.3) is 0 Å². The van der Waals surface area contributed by atoms with Crippen LogP contribution in [0.4, 0.5) is 0 Å². The van der Waals surface area contributed by atoms with Crippen LogP contribution in [0.15, 0.2) is 115 Å². The quantitative estimate of drug-likeness (QED) is 0.107. The maximum atomic E-state index is 13.3. The van der Waals surface area contributed by atoms with Gasteiger partial charge in [-0.3, -0.25) is 19.2 Å². The van der Waals surface area contributed by atoms with E-state index < -0.39 is 22.2 Å². The van der Waals surface area contributed by atoms with Crippen LogP contribution in [0.3, 0.4) is 0 Å². The highest BCUT2D eigenvalue weighted by molar-refractivity contribution is 8.00. The van der Waals surface area contributed by atoms with E-state index in [-0.39, 0.29) is 30.7 Å². The van der Waals surface area contributed by atoms with Gasteiger partial charge in [-0.2, -0.15) is 5.48 Å². The highest BCUT2D eigenvalue weighted by atomic mass is 32.2. The molecule has 8 heteroatoms. The summed E-state index contributed by atoms with van der Waals surface area (Å²) < 4.78 is -0.621. The minimum absolute atomic E-state index is 0.128. The van der Waals surface area contributed by atoms with Crippen LogP contribution in [-0.2, 0) is 25.8 Å². The molecule has 3 N–H and O–H groups in total. The number of carbonyl (C=O) groups is 3. The van der Waals surface area contributed by atoms with Crippen molar-refractivity contribution in [2.75, 3.05) is 12.4 Å². The summed E-state index contributed by atoms with van der Waals surface area (Å²) in [6.07, 6.45) is 0. The fourth-order valence-corrected chi connectivity index (χ4v) is 6.80. The highest BCUT2D eigenvalue weighted by Crippen LogP contribution is 2.48. The number of carbonyl (C=O) groups excluding carboxylic acids is 3. The Balaban J connectivity index is 1.48. The second-order valence-corrected chi connectivity index (χ2v) is 13.4. The van der Waals surface area contributed by atoms with Gasteiger partial charge in [-0.05, 0) is 41.3 Å². The van der Waals surface area contributed by atoms with Crippen LogP contribution < -0.4 is 10.8 Å². The third kappa shape index (κ3) is 8.59. The van der Waals surface area contributed by atoms with Gasteiger partial charge < -0.3 is 10.4 Å². The molecule has 1 amide bonds. The average molecular weight is 639 g/mol. The van der Waals surface area contributed by atoms with Gasteiger partial charge in [0.05, 0.1) is 24.0 Å². The SMILES string of the molecule is CC(=O)C(CSC(c1ccccc1)(c1ccccc1)c1ccccc1)NC(=O)c1ccc(CON[C@@H](CO)C(=O)C(C)(C)C)cc1. The largest absolute Gasteiger partial charge is 0.394 e. The van der Waals surface area contributed by atoms with Gasteiger partial charge in [0.15, 0.2) is 11.6 Å². The highest BCUT2D eigenvalue weighted by Gasteiger charge is 2.38. The van der Waals surface area contributed by atoms with Gasteiger partial charge in [0.1, 0.15) is 6.04 Å². The molecular formula is C38H42N2O5S. The fraction of sp³-hybridized carbons (Fsp3) is 0.289. The van der Waals surface area contributed by atoms with Crippen molar-refractivity contribution in [3.8, 4) is 0 Å². The molecule has 4 rings (SSSR count). The van der Waals surface area contributed by atoms with Gasteiger partial charge >= 0.3 is 0 Å². The van der Waals surface area contributed by atoms with Crippen molar-refractivity contribution in [2.24, 2.45) is 5.41 Å². The normalized spacial score (nSPS) is 13.1. The van der Waals surface area contributed by atoms with E-state index in [1.807, 2.05) is 54.6 Å². The van der Waals surface area contributed by atoms with Crippen molar-refractivity contribution >= 4 is 29.2 Å². The summed E-state index contributed by atoms with van der Waals surface area (Å²) in [5.74, 6) is -0.305. The van der Waals surface area contributed by atoms with Crippen molar-refractivity contribution in [1.82, 2.24) is 10.8 Å². The molecule has 0 heterocycles. The second-order valence-electron chi connectivity index (χ2n) is 12.2. The Hall–Kier alpha value is -4.08. The summed E-state index contributed by atoms with van der Waals surface area (Å²) in [7, 11) is 0. The lowest BCUT2D eigenvalue weighted by atomic mass is 9.84. The van der Waals surface area contributed by atoms with E-state index in [4.69, 9.17) is 4.84 Å². The number of aliphatic hydroxyl groups excluding tert-OH is 1. The van der Waals surface area contributed by atoms with Gasteiger partial charge in [0.2, 0.25) is 0 Å². The van der Waals surface area contributed by atoms with Gasteiger partial charge in [-0.15, -0.1) is 11.8 Å². The van der Waals surface area contributed by atoms with Gasteiger partial charge in [0, 0.05) is 16.7 Å². The number of Topliss-reactive ketones (excluding diaryl/α,β-unsaturated/α-hetero) is 2. The van der Waals surface area contributed by atoms with E-state index in [0.29, 0.717) is 11.3 Å². The molecule has 2 atom stereocenters. The molecule has 46 heavy (non-hydrogen) atoms. The Morgan fingerprint density at radius 3 is 1.63 bits per heavy atom. The predicted molar refractivity (Wildman–Crippen MR) is 183 cm³/mol. The molecule has 0 radical (unpaired) electrons. The maximum Gasteiger partial charge on any atom is 0.251 e. The number of ketones is 2. The molecule has 0 bridgehead atoms. The molecule has 0 spiro atoms. The lowest BCUT2D eigenvalue weighted by Crippen LogP contribution is -2.45. The standard InChI is InChI=1S/C38H42N2O5S/c1-27(42)34(39-36(44)29-22-20-28(21-23-29)25-45-40-33(24-41)35(43)37(2,3)4)26-46-38(30-14-8-5-9-15-30,31-16-10-6-11-17-31)32-18-12-7-13-19-32/h5-23,33-34,40-41H,24-26H2,1-4H3,(H,39,44)/t33-,34?/m0/s1. The second kappa shape index (κ2) is 16.0. The van der Waals surface area contributed by atoms with E-state index >= 15 is 0 Å². The van der Waals surface area contributed by atoms with E-state index in [1.54, 1.807) is 56.8 Å². The van der Waals surface area contributed by atoms with Crippen LogP contribution in [0.5, 0.6) is 0 Å². The summed E-state index contributed by atoms with van der Waals surface area (Å²) in [4.78, 5) is 44.2. The zero-order valence-corrected chi connectivity index (χ0v) is 27.6. The van der Waals surface area contributed by atoms with Gasteiger partial charge in [-0.1, -0.05) is 124 Å². The van der Waals surface area contributed by atoms with Crippen molar-refractivity contribution < 1.29 is 24.3 Å². The Labute approximate surface area is 275 Å². The zero-order chi connectivity index (χ0) is 33.2. The number of hydrogen-bond donors (Lipinski definition) is 3. The first-order valence-corrected chi connectivity index (χ1v) is 16.3. The first-order valence-electron chi connectivity index (χ1n) is 15.3. The third-order valence-electron chi connectivity index (χ3n) is 7.72. The third-order valence-corrected chi connectivity index (χ3v) is 9.36. The predicted octanol–water partition coefficient (Wildman–Crippen LogP) is 6.10. The number of hydrogen-bond acceptors (Lipinski definition) is 7. The average Bonchev–Trinajstić information content (AvgIpc) is 3.07. The fourth-order valence-electron chi connectivity index (χ4n) is 5.15. The number of amides is 1. The molecule has 0 saturated carbocycles. The molecule has 0 aliphatic carbocycles. The van der Waals surface area contributed by atoms with Gasteiger partial charge in [-0.25, -0.2) is 0 Å². The van der Waals surface area contributed by atoms with Gasteiger partial charge in [0.25, 0.3) is 5.91 Å². The minimum Gasteiger partial charge on any atom is -0.394 e. The number of aliphatic hydroxyl groups is 1. The maximum absolute atomic E-state index is 13.3. The van der Waals surface area contributed by atoms with Crippen LogP contribution in [-0.4, -0.2) is 47.0 Å². The smallest absolute Gasteiger partial charge is 0.251 e. The van der Waals surface area contributed by atoms with E-state index in [2.05, 4.69) is 47.2 Å². The number of benzene rings is 4. The Morgan fingerprint density at radius 2 is 1.22 bits per heavy atom. The summed E-state index contributed by atoms with van der Waals surface area (Å²) in [5, 5.41) is 12.5. The molecule has 7 nitrogen and oxygen atoms in total. The van der Waals surface area contributed by atoms with Crippen LogP contribution in [0.1, 0.15) is 60.3 Å². The van der Waals surface area contributed by atoms with E-state index in [9.17, 15) is 19.5 Å². The molecule has 4 aromatic carbocycles. The van der Waals surface area contributed by atoms with Crippen molar-refractivity contribution in [2.45, 2.75) is 51.1 Å². The van der Waals surface area contributed by atoms with Crippen molar-refractivity contribution in [3.05, 3.63) is 143 Å². The van der Waals surface area contributed by atoms with Crippen molar-refractivity contribution in [1.29, 1.82) is 0 Å². The topological polar surface area (TPSA) is 105 Å². The van der Waals surface area contributed by atoms with Crippen LogP contribution in [0.2, 0.25) is 0 Å². The molecule has 0 fully saturated rings. The molecular weight excluding hydrogens is 596 g/mol. The number of hydroxylamine groups is 1. The van der Waals surface area contributed by atoms with Crippen LogP contribution >= 0.6 is 11.8 Å². The number of nitrogens with one attached hydrogen (secondary N) is 2. The molecule has 1 unspecified atom stereocenters. The molecule has 240 valence electrons.